The minimum atomic E-state index is 0.116. The van der Waals surface area contributed by atoms with E-state index in [1.165, 1.54) is 10.9 Å². The van der Waals surface area contributed by atoms with Crippen LogP contribution in [0.5, 0.6) is 0 Å². The summed E-state index contributed by atoms with van der Waals surface area (Å²) in [6.45, 7) is 3.22. The maximum Gasteiger partial charge on any atom is 0.159 e. The van der Waals surface area contributed by atoms with Gasteiger partial charge in [-0.25, -0.2) is 0 Å². The topological polar surface area (TPSA) is 34.1 Å². The van der Waals surface area contributed by atoms with Crippen molar-refractivity contribution in [2.75, 3.05) is 0 Å². The highest BCUT2D eigenvalue weighted by molar-refractivity contribution is 5.98. The molecule has 0 N–H and O–H groups in total. The number of carbonyl (C=O) groups is 2. The highest BCUT2D eigenvalue weighted by atomic mass is 16.1. The molecule has 3 aromatic rings. The van der Waals surface area contributed by atoms with E-state index in [0.29, 0.717) is 6.42 Å². The largest absolute Gasteiger partial charge is 0.300 e. The van der Waals surface area contributed by atoms with Crippen molar-refractivity contribution >= 4 is 22.3 Å². The summed E-state index contributed by atoms with van der Waals surface area (Å²) in [5.41, 5.74) is 2.02. The van der Waals surface area contributed by atoms with Gasteiger partial charge in [0.2, 0.25) is 0 Å². The fraction of sp³-hybridized carbons (Fsp3) is 0.182. The number of hydrogen-bond donors (Lipinski definition) is 0. The van der Waals surface area contributed by atoms with Gasteiger partial charge in [-0.1, -0.05) is 66.7 Å². The Hall–Kier alpha value is -2.74. The lowest BCUT2D eigenvalue weighted by Crippen LogP contribution is -1.92. The monoisotopic (exact) mass is 318 g/mol. The maximum atomic E-state index is 11.1. The summed E-state index contributed by atoms with van der Waals surface area (Å²) in [6.07, 6.45) is 1.53. The number of hydrogen-bond acceptors (Lipinski definition) is 2. The van der Waals surface area contributed by atoms with Crippen molar-refractivity contribution < 1.29 is 9.59 Å². The molecule has 122 valence electrons. The maximum absolute atomic E-state index is 11.1. The molecule has 0 unspecified atom stereocenters. The lowest BCUT2D eigenvalue weighted by Gasteiger charge is -1.99. The van der Waals surface area contributed by atoms with Gasteiger partial charge in [0.15, 0.2) is 5.78 Å². The van der Waals surface area contributed by atoms with Crippen LogP contribution in [0.3, 0.4) is 0 Å². The Morgan fingerprint density at radius 1 is 0.750 bits per heavy atom. The molecule has 0 aliphatic carbocycles. The molecule has 0 fully saturated rings. The molecule has 2 heteroatoms. The molecule has 2 nitrogen and oxygen atoms in total. The minimum Gasteiger partial charge on any atom is -0.300 e. The van der Waals surface area contributed by atoms with Crippen LogP contribution in [-0.4, -0.2) is 11.6 Å². The van der Waals surface area contributed by atoms with Crippen LogP contribution >= 0.6 is 0 Å². The number of aryl methyl sites for hydroxylation is 1. The molecule has 0 saturated heterocycles. The van der Waals surface area contributed by atoms with Gasteiger partial charge in [-0.05, 0) is 42.7 Å². The van der Waals surface area contributed by atoms with Gasteiger partial charge in [0.05, 0.1) is 0 Å². The third-order valence-electron chi connectivity index (χ3n) is 3.76. The van der Waals surface area contributed by atoms with Crippen molar-refractivity contribution in [3.8, 4) is 0 Å². The summed E-state index contributed by atoms with van der Waals surface area (Å²) < 4.78 is 0. The summed E-state index contributed by atoms with van der Waals surface area (Å²) in [6, 6.07) is 23.9. The molecule has 0 radical (unpaired) electrons. The van der Waals surface area contributed by atoms with E-state index in [-0.39, 0.29) is 11.6 Å². The standard InChI is InChI=1S/C12H10O.C10H12O/c1-9(13)11-7-6-10-4-2-3-5-12(10)8-11;1-9(11)7-8-10-5-3-2-4-6-10/h2-8H,1H3;2-6H,7-8H2,1H3. The number of Topliss-reactive ketones (excluding diaryl/α,β-unsaturated/α-hetero) is 2. The highest BCUT2D eigenvalue weighted by Crippen LogP contribution is 2.15. The van der Waals surface area contributed by atoms with Crippen LogP contribution in [0.1, 0.15) is 36.2 Å². The molecular weight excluding hydrogens is 296 g/mol. The van der Waals surface area contributed by atoms with Gasteiger partial charge in [-0.3, -0.25) is 4.79 Å². The van der Waals surface area contributed by atoms with E-state index in [1.54, 1.807) is 13.8 Å². The predicted octanol–water partition coefficient (Wildman–Crippen LogP) is 5.25. The van der Waals surface area contributed by atoms with E-state index in [9.17, 15) is 9.59 Å². The lowest BCUT2D eigenvalue weighted by atomic mass is 10.1. The van der Waals surface area contributed by atoms with Crippen LogP contribution < -0.4 is 0 Å². The van der Waals surface area contributed by atoms with Gasteiger partial charge in [0.1, 0.15) is 5.78 Å². The molecule has 0 aromatic heterocycles. The summed E-state index contributed by atoms with van der Waals surface area (Å²) in [5, 5.41) is 2.29. The van der Waals surface area contributed by atoms with Gasteiger partial charge >= 0.3 is 0 Å². The molecule has 3 rings (SSSR count). The van der Waals surface area contributed by atoms with Crippen LogP contribution in [0.4, 0.5) is 0 Å². The zero-order valence-electron chi connectivity index (χ0n) is 14.2. The molecule has 0 atom stereocenters. The predicted molar refractivity (Wildman–Crippen MR) is 99.4 cm³/mol. The Morgan fingerprint density at radius 3 is 2.00 bits per heavy atom. The van der Waals surface area contributed by atoms with E-state index in [1.807, 2.05) is 72.8 Å². The van der Waals surface area contributed by atoms with Crippen molar-refractivity contribution in [3.05, 3.63) is 83.9 Å². The number of rotatable bonds is 4. The van der Waals surface area contributed by atoms with Crippen LogP contribution in [0, 0.1) is 0 Å². The lowest BCUT2D eigenvalue weighted by molar-refractivity contribution is -0.116. The van der Waals surface area contributed by atoms with Gasteiger partial charge in [-0.2, -0.15) is 0 Å². The van der Waals surface area contributed by atoms with E-state index in [4.69, 9.17) is 0 Å². The molecule has 0 bridgehead atoms. The molecular formula is C22H22O2. The fourth-order valence-corrected chi connectivity index (χ4v) is 2.37. The molecule has 24 heavy (non-hydrogen) atoms. The Balaban J connectivity index is 0.000000177. The molecule has 3 aromatic carbocycles. The van der Waals surface area contributed by atoms with Crippen LogP contribution in [-0.2, 0) is 11.2 Å². The Morgan fingerprint density at radius 2 is 1.38 bits per heavy atom. The fourth-order valence-electron chi connectivity index (χ4n) is 2.37. The number of ketones is 2. The van der Waals surface area contributed by atoms with Gasteiger partial charge in [0.25, 0.3) is 0 Å². The zero-order chi connectivity index (χ0) is 17.4. The first-order chi connectivity index (χ1) is 11.6. The SMILES string of the molecule is CC(=O)CCc1ccccc1.CC(=O)c1ccc2ccccc2c1. The number of benzene rings is 3. The average molecular weight is 318 g/mol. The van der Waals surface area contributed by atoms with E-state index >= 15 is 0 Å². The zero-order valence-corrected chi connectivity index (χ0v) is 14.2. The van der Waals surface area contributed by atoms with Crippen molar-refractivity contribution in [1.29, 1.82) is 0 Å². The van der Waals surface area contributed by atoms with E-state index in [2.05, 4.69) is 0 Å². The summed E-state index contributed by atoms with van der Waals surface area (Å²) in [5.74, 6) is 0.375. The van der Waals surface area contributed by atoms with Gasteiger partial charge in [-0.15, -0.1) is 0 Å². The molecule has 0 aliphatic rings. The summed E-state index contributed by atoms with van der Waals surface area (Å²) in [7, 11) is 0. The second-order valence-corrected chi connectivity index (χ2v) is 5.81. The van der Waals surface area contributed by atoms with Gasteiger partial charge in [0, 0.05) is 12.0 Å². The third kappa shape index (κ3) is 5.47. The van der Waals surface area contributed by atoms with Gasteiger partial charge < -0.3 is 4.79 Å². The molecule has 0 saturated carbocycles. The Labute approximate surface area is 143 Å². The van der Waals surface area contributed by atoms with Crippen molar-refractivity contribution in [2.45, 2.75) is 26.7 Å². The minimum absolute atomic E-state index is 0.116. The highest BCUT2D eigenvalue weighted by Gasteiger charge is 1.99. The first-order valence-electron chi connectivity index (χ1n) is 8.09. The molecule has 0 aliphatic heterocycles. The normalized spacial score (nSPS) is 9.92. The van der Waals surface area contributed by atoms with Crippen LogP contribution in [0.2, 0.25) is 0 Å². The first kappa shape index (κ1) is 17.6. The number of carbonyl (C=O) groups excluding carboxylic acids is 2. The first-order valence-corrected chi connectivity index (χ1v) is 8.09. The van der Waals surface area contributed by atoms with E-state index in [0.717, 1.165) is 17.4 Å². The number of fused-ring (bicyclic) bond motifs is 1. The molecule has 0 spiro atoms. The Bertz CT molecular complexity index is 820. The Kier molecular flexibility index (Phi) is 6.44. The quantitative estimate of drug-likeness (QED) is 0.616. The van der Waals surface area contributed by atoms with Crippen molar-refractivity contribution in [2.24, 2.45) is 0 Å². The van der Waals surface area contributed by atoms with Crippen LogP contribution in [0.25, 0.3) is 10.8 Å². The molecule has 0 heterocycles. The summed E-state index contributed by atoms with van der Waals surface area (Å²) >= 11 is 0. The van der Waals surface area contributed by atoms with Crippen molar-refractivity contribution in [1.82, 2.24) is 0 Å². The molecule has 0 amide bonds. The van der Waals surface area contributed by atoms with Crippen LogP contribution in [0.15, 0.2) is 72.8 Å². The second-order valence-electron chi connectivity index (χ2n) is 5.81. The van der Waals surface area contributed by atoms with Crippen molar-refractivity contribution in [3.63, 3.8) is 0 Å². The van der Waals surface area contributed by atoms with E-state index < -0.39 is 0 Å². The average Bonchev–Trinajstić information content (AvgIpc) is 2.61. The second kappa shape index (κ2) is 8.78. The summed E-state index contributed by atoms with van der Waals surface area (Å²) in [4.78, 5) is 21.7. The smallest absolute Gasteiger partial charge is 0.159 e. The third-order valence-corrected chi connectivity index (χ3v) is 3.76.